The molecule has 0 saturated carbocycles. The van der Waals surface area contributed by atoms with Gasteiger partial charge in [-0.1, -0.05) is 45.2 Å². The van der Waals surface area contributed by atoms with Crippen LogP contribution in [0.4, 0.5) is 0 Å². The number of hydrazine groups is 1. The fourth-order valence-electron chi connectivity index (χ4n) is 2.63. The molecule has 0 spiro atoms. The van der Waals surface area contributed by atoms with E-state index in [0.29, 0.717) is 5.92 Å². The van der Waals surface area contributed by atoms with Crippen molar-refractivity contribution in [2.45, 2.75) is 65.5 Å². The molecule has 2 atom stereocenters. The molecule has 3 heteroatoms. The summed E-state index contributed by atoms with van der Waals surface area (Å²) < 4.78 is 5.78. The molecule has 0 aliphatic rings. The Morgan fingerprint density at radius 3 is 2.55 bits per heavy atom. The van der Waals surface area contributed by atoms with Crippen molar-refractivity contribution in [3.05, 3.63) is 29.8 Å². The maximum absolute atomic E-state index is 5.81. The van der Waals surface area contributed by atoms with E-state index in [4.69, 9.17) is 10.6 Å². The van der Waals surface area contributed by atoms with E-state index in [9.17, 15) is 0 Å². The Hall–Kier alpha value is -1.06. The standard InChI is InChI=1S/C17H30N2O/c1-5-7-9-14(6-2)17(19-18)15-10-8-11-16(12-15)20-13(3)4/h8,10-14,17,19H,5-7,9,18H2,1-4H3. The van der Waals surface area contributed by atoms with Gasteiger partial charge < -0.3 is 4.74 Å². The predicted octanol–water partition coefficient (Wildman–Crippen LogP) is 4.19. The van der Waals surface area contributed by atoms with Gasteiger partial charge in [-0.2, -0.15) is 0 Å². The van der Waals surface area contributed by atoms with Crippen molar-refractivity contribution in [1.82, 2.24) is 5.43 Å². The summed E-state index contributed by atoms with van der Waals surface area (Å²) in [6, 6.07) is 8.49. The van der Waals surface area contributed by atoms with Crippen molar-refractivity contribution in [3.8, 4) is 5.75 Å². The SMILES string of the molecule is CCCCC(CC)C(NN)c1cccc(OC(C)C)c1. The van der Waals surface area contributed by atoms with Crippen LogP contribution in [0, 0.1) is 5.92 Å². The van der Waals surface area contributed by atoms with Crippen LogP contribution in [0.5, 0.6) is 5.75 Å². The summed E-state index contributed by atoms with van der Waals surface area (Å²) >= 11 is 0. The molecule has 1 rings (SSSR count). The van der Waals surface area contributed by atoms with Crippen LogP contribution >= 0.6 is 0 Å². The second-order valence-corrected chi connectivity index (χ2v) is 5.69. The minimum Gasteiger partial charge on any atom is -0.491 e. The molecule has 0 aromatic heterocycles. The number of nitrogens with two attached hydrogens (primary N) is 1. The van der Waals surface area contributed by atoms with Crippen LogP contribution in [-0.2, 0) is 0 Å². The summed E-state index contributed by atoms with van der Waals surface area (Å²) in [6.45, 7) is 8.55. The summed E-state index contributed by atoms with van der Waals surface area (Å²) in [4.78, 5) is 0. The van der Waals surface area contributed by atoms with Crippen molar-refractivity contribution in [3.63, 3.8) is 0 Å². The minimum atomic E-state index is 0.191. The van der Waals surface area contributed by atoms with Crippen molar-refractivity contribution in [1.29, 1.82) is 0 Å². The highest BCUT2D eigenvalue weighted by molar-refractivity contribution is 5.31. The summed E-state index contributed by atoms with van der Waals surface area (Å²) in [5.41, 5.74) is 4.22. The van der Waals surface area contributed by atoms with Gasteiger partial charge in [-0.25, -0.2) is 0 Å². The fraction of sp³-hybridized carbons (Fsp3) is 0.647. The molecule has 114 valence electrons. The van der Waals surface area contributed by atoms with Crippen LogP contribution in [0.15, 0.2) is 24.3 Å². The Morgan fingerprint density at radius 2 is 2.00 bits per heavy atom. The van der Waals surface area contributed by atoms with Crippen LogP contribution in [0.1, 0.15) is 65.0 Å². The van der Waals surface area contributed by atoms with Crippen LogP contribution in [0.2, 0.25) is 0 Å². The molecular formula is C17H30N2O. The molecule has 0 fully saturated rings. The first-order chi connectivity index (χ1) is 9.62. The third-order valence-electron chi connectivity index (χ3n) is 3.69. The van der Waals surface area contributed by atoms with Crippen LogP contribution in [0.3, 0.4) is 0 Å². The lowest BCUT2D eigenvalue weighted by Gasteiger charge is -2.26. The normalized spacial score (nSPS) is 14.3. The zero-order valence-corrected chi connectivity index (χ0v) is 13.4. The average Bonchev–Trinajstić information content (AvgIpc) is 2.43. The van der Waals surface area contributed by atoms with Gasteiger partial charge in [0.2, 0.25) is 0 Å². The molecule has 1 aromatic rings. The average molecular weight is 278 g/mol. The highest BCUT2D eigenvalue weighted by atomic mass is 16.5. The first kappa shape index (κ1) is 17.0. The second-order valence-electron chi connectivity index (χ2n) is 5.69. The van der Waals surface area contributed by atoms with Crippen molar-refractivity contribution < 1.29 is 4.74 Å². The van der Waals surface area contributed by atoms with Gasteiger partial charge in [0.1, 0.15) is 5.75 Å². The lowest BCUT2D eigenvalue weighted by Crippen LogP contribution is -2.33. The van der Waals surface area contributed by atoms with Crippen LogP contribution in [0.25, 0.3) is 0 Å². The summed E-state index contributed by atoms with van der Waals surface area (Å²) in [6.07, 6.45) is 5.00. The third-order valence-corrected chi connectivity index (χ3v) is 3.69. The molecular weight excluding hydrogens is 248 g/mol. The second kappa shape index (κ2) is 8.98. The summed E-state index contributed by atoms with van der Waals surface area (Å²) in [5, 5.41) is 0. The Morgan fingerprint density at radius 1 is 1.25 bits per heavy atom. The lowest BCUT2D eigenvalue weighted by atomic mass is 9.87. The number of ether oxygens (including phenoxy) is 1. The Kier molecular flexibility index (Phi) is 7.63. The third kappa shape index (κ3) is 5.14. The van der Waals surface area contributed by atoms with E-state index in [2.05, 4.69) is 31.4 Å². The molecule has 0 aliphatic heterocycles. The van der Waals surface area contributed by atoms with Gasteiger partial charge in [0.05, 0.1) is 6.10 Å². The van der Waals surface area contributed by atoms with E-state index >= 15 is 0 Å². The molecule has 2 unspecified atom stereocenters. The molecule has 1 aromatic carbocycles. The minimum absolute atomic E-state index is 0.191. The van der Waals surface area contributed by atoms with E-state index in [1.54, 1.807) is 0 Å². The molecule has 0 bridgehead atoms. The van der Waals surface area contributed by atoms with Gasteiger partial charge in [0, 0.05) is 6.04 Å². The monoisotopic (exact) mass is 278 g/mol. The smallest absolute Gasteiger partial charge is 0.120 e. The number of benzene rings is 1. The van der Waals surface area contributed by atoms with Gasteiger partial charge >= 0.3 is 0 Å². The van der Waals surface area contributed by atoms with Crippen LogP contribution < -0.4 is 16.0 Å². The highest BCUT2D eigenvalue weighted by Gasteiger charge is 2.20. The maximum atomic E-state index is 5.81. The van der Waals surface area contributed by atoms with E-state index in [1.807, 2.05) is 26.0 Å². The fourth-order valence-corrected chi connectivity index (χ4v) is 2.63. The zero-order valence-electron chi connectivity index (χ0n) is 13.4. The molecule has 0 radical (unpaired) electrons. The quantitative estimate of drug-likeness (QED) is 0.526. The molecule has 0 heterocycles. The van der Waals surface area contributed by atoms with Gasteiger partial charge in [0.25, 0.3) is 0 Å². The first-order valence-electron chi connectivity index (χ1n) is 7.85. The van der Waals surface area contributed by atoms with Gasteiger partial charge in [-0.15, -0.1) is 0 Å². The zero-order chi connectivity index (χ0) is 15.0. The largest absolute Gasteiger partial charge is 0.491 e. The number of rotatable bonds is 9. The number of unbranched alkanes of at least 4 members (excludes halogenated alkanes) is 1. The van der Waals surface area contributed by atoms with Crippen molar-refractivity contribution in [2.24, 2.45) is 11.8 Å². The molecule has 0 aliphatic carbocycles. The summed E-state index contributed by atoms with van der Waals surface area (Å²) in [5.74, 6) is 7.30. The van der Waals surface area contributed by atoms with E-state index in [-0.39, 0.29) is 12.1 Å². The molecule has 3 N–H and O–H groups in total. The molecule has 0 amide bonds. The van der Waals surface area contributed by atoms with Gasteiger partial charge in [-0.05, 0) is 43.9 Å². The molecule has 0 saturated heterocycles. The first-order valence-corrected chi connectivity index (χ1v) is 7.85. The van der Waals surface area contributed by atoms with E-state index < -0.39 is 0 Å². The Balaban J connectivity index is 2.86. The highest BCUT2D eigenvalue weighted by Crippen LogP contribution is 2.30. The van der Waals surface area contributed by atoms with Gasteiger partial charge in [-0.3, -0.25) is 11.3 Å². The maximum Gasteiger partial charge on any atom is 0.120 e. The Labute approximate surface area is 123 Å². The number of hydrogen-bond acceptors (Lipinski definition) is 3. The number of nitrogens with one attached hydrogen (secondary N) is 1. The van der Waals surface area contributed by atoms with Crippen LogP contribution in [-0.4, -0.2) is 6.10 Å². The van der Waals surface area contributed by atoms with E-state index in [0.717, 1.165) is 12.2 Å². The predicted molar refractivity (Wildman–Crippen MR) is 85.6 cm³/mol. The van der Waals surface area contributed by atoms with Crippen molar-refractivity contribution in [2.75, 3.05) is 0 Å². The summed E-state index contributed by atoms with van der Waals surface area (Å²) in [7, 11) is 0. The van der Waals surface area contributed by atoms with Crippen molar-refractivity contribution >= 4 is 0 Å². The lowest BCUT2D eigenvalue weighted by molar-refractivity contribution is 0.241. The van der Waals surface area contributed by atoms with Gasteiger partial charge in [0.15, 0.2) is 0 Å². The molecule has 20 heavy (non-hydrogen) atoms. The molecule has 3 nitrogen and oxygen atoms in total. The topological polar surface area (TPSA) is 47.3 Å². The number of hydrogen-bond donors (Lipinski definition) is 2. The van der Waals surface area contributed by atoms with E-state index in [1.165, 1.54) is 24.8 Å². The Bertz CT molecular complexity index is 379.